The van der Waals surface area contributed by atoms with E-state index in [0.29, 0.717) is 18.8 Å². The molecule has 0 aliphatic carbocycles. The second kappa shape index (κ2) is 6.74. The van der Waals surface area contributed by atoms with Crippen LogP contribution in [0.5, 0.6) is 0 Å². The summed E-state index contributed by atoms with van der Waals surface area (Å²) < 4.78 is 4.77. The highest BCUT2D eigenvalue weighted by Crippen LogP contribution is 2.25. The summed E-state index contributed by atoms with van der Waals surface area (Å²) in [6.45, 7) is 3.06. The largest absolute Gasteiger partial charge is 0.469 e. The lowest BCUT2D eigenvalue weighted by molar-refractivity contribution is -0.146. The van der Waals surface area contributed by atoms with Crippen LogP contribution in [-0.2, 0) is 14.3 Å². The Hall–Kier alpha value is -1.56. The molecule has 0 N–H and O–H groups in total. The van der Waals surface area contributed by atoms with Crippen LogP contribution in [0.1, 0.15) is 6.92 Å². The van der Waals surface area contributed by atoms with Crippen LogP contribution < -0.4 is 0 Å². The molecule has 0 spiro atoms. The van der Waals surface area contributed by atoms with Crippen molar-refractivity contribution in [2.24, 2.45) is 11.8 Å². The molecular formula is C14H18N2O3S. The summed E-state index contributed by atoms with van der Waals surface area (Å²) >= 11 is 1.48. The van der Waals surface area contributed by atoms with E-state index in [-0.39, 0.29) is 23.7 Å². The number of aromatic nitrogens is 1. The van der Waals surface area contributed by atoms with E-state index in [1.54, 1.807) is 17.3 Å². The summed E-state index contributed by atoms with van der Waals surface area (Å²) in [4.78, 5) is 30.5. The molecule has 1 fully saturated rings. The first kappa shape index (κ1) is 14.8. The van der Waals surface area contributed by atoms with E-state index in [4.69, 9.17) is 4.74 Å². The van der Waals surface area contributed by atoms with Gasteiger partial charge in [0.05, 0.1) is 18.8 Å². The van der Waals surface area contributed by atoms with Crippen molar-refractivity contribution in [2.45, 2.75) is 11.8 Å². The minimum Gasteiger partial charge on any atom is -0.469 e. The summed E-state index contributed by atoms with van der Waals surface area (Å²) in [5, 5.41) is 0. The lowest BCUT2D eigenvalue weighted by Gasteiger charge is -2.15. The fraction of sp³-hybridized carbons (Fsp3) is 0.500. The van der Waals surface area contributed by atoms with E-state index in [2.05, 4.69) is 4.98 Å². The van der Waals surface area contributed by atoms with E-state index in [0.717, 1.165) is 4.90 Å². The van der Waals surface area contributed by atoms with E-state index in [1.165, 1.54) is 18.9 Å². The van der Waals surface area contributed by atoms with Crippen molar-refractivity contribution in [1.82, 2.24) is 9.88 Å². The van der Waals surface area contributed by atoms with Gasteiger partial charge in [-0.3, -0.25) is 14.6 Å². The number of amides is 1. The summed E-state index contributed by atoms with van der Waals surface area (Å²) in [5.41, 5.74) is 0. The first-order valence-electron chi connectivity index (χ1n) is 6.50. The highest BCUT2D eigenvalue weighted by molar-refractivity contribution is 8.00. The average molecular weight is 294 g/mol. The Morgan fingerprint density at radius 3 is 2.75 bits per heavy atom. The Labute approximate surface area is 122 Å². The van der Waals surface area contributed by atoms with Gasteiger partial charge >= 0.3 is 5.97 Å². The third kappa shape index (κ3) is 3.50. The summed E-state index contributed by atoms with van der Waals surface area (Å²) in [5.74, 6) is 0.164. The number of esters is 1. The summed E-state index contributed by atoms with van der Waals surface area (Å²) in [6.07, 6.45) is 3.41. The van der Waals surface area contributed by atoms with Crippen molar-refractivity contribution >= 4 is 23.6 Å². The van der Waals surface area contributed by atoms with Crippen LogP contribution in [0.15, 0.2) is 29.4 Å². The van der Waals surface area contributed by atoms with E-state index in [9.17, 15) is 9.59 Å². The smallest absolute Gasteiger partial charge is 0.310 e. The zero-order chi connectivity index (χ0) is 14.5. The quantitative estimate of drug-likeness (QED) is 0.621. The van der Waals surface area contributed by atoms with Crippen LogP contribution in [-0.4, -0.2) is 47.7 Å². The van der Waals surface area contributed by atoms with Crippen LogP contribution in [0.25, 0.3) is 0 Å². The zero-order valence-electron chi connectivity index (χ0n) is 11.6. The van der Waals surface area contributed by atoms with Gasteiger partial charge in [0.15, 0.2) is 0 Å². The maximum Gasteiger partial charge on any atom is 0.310 e. The zero-order valence-corrected chi connectivity index (χ0v) is 12.4. The molecule has 0 radical (unpaired) electrons. The van der Waals surface area contributed by atoms with E-state index in [1.807, 2.05) is 19.1 Å². The number of thioether (sulfide) groups is 1. The highest BCUT2D eigenvalue weighted by Gasteiger charge is 2.37. The molecule has 1 amide bonds. The van der Waals surface area contributed by atoms with Gasteiger partial charge in [0.2, 0.25) is 5.91 Å². The first-order chi connectivity index (χ1) is 9.61. The Balaban J connectivity index is 1.86. The van der Waals surface area contributed by atoms with Gasteiger partial charge in [-0.05, 0) is 18.1 Å². The maximum absolute atomic E-state index is 12.2. The maximum atomic E-state index is 12.2. The normalized spacial score (nSPS) is 21.8. The van der Waals surface area contributed by atoms with Crippen LogP contribution in [0.4, 0.5) is 0 Å². The molecule has 108 valence electrons. The number of carbonyl (C=O) groups is 2. The molecule has 6 heteroatoms. The van der Waals surface area contributed by atoms with E-state index < -0.39 is 0 Å². The van der Waals surface area contributed by atoms with Gasteiger partial charge in [-0.15, -0.1) is 11.8 Å². The fourth-order valence-electron chi connectivity index (χ4n) is 2.30. The molecule has 2 unspecified atom stereocenters. The molecule has 1 saturated heterocycles. The molecule has 5 nitrogen and oxygen atoms in total. The van der Waals surface area contributed by atoms with Crippen molar-refractivity contribution < 1.29 is 14.3 Å². The molecule has 2 heterocycles. The number of likely N-dealkylation sites (tertiary alicyclic amines) is 1. The molecule has 0 bridgehead atoms. The molecule has 0 aromatic carbocycles. The number of carbonyl (C=O) groups excluding carboxylic acids is 2. The molecule has 1 aromatic heterocycles. The van der Waals surface area contributed by atoms with Gasteiger partial charge in [0.25, 0.3) is 0 Å². The minimum atomic E-state index is -0.227. The third-order valence-electron chi connectivity index (χ3n) is 3.48. The molecular weight excluding hydrogens is 276 g/mol. The molecule has 2 atom stereocenters. The van der Waals surface area contributed by atoms with Gasteiger partial charge in [0.1, 0.15) is 0 Å². The van der Waals surface area contributed by atoms with Crippen molar-refractivity contribution in [2.75, 3.05) is 26.0 Å². The van der Waals surface area contributed by atoms with Crippen LogP contribution in [0.3, 0.4) is 0 Å². The Morgan fingerprint density at radius 2 is 2.10 bits per heavy atom. The number of methoxy groups -OCH3 is 1. The number of pyridine rings is 1. The second-order valence-electron chi connectivity index (χ2n) is 4.88. The number of rotatable bonds is 4. The predicted octanol–water partition coefficient (Wildman–Crippen LogP) is 1.44. The Morgan fingerprint density at radius 1 is 1.40 bits per heavy atom. The molecule has 0 saturated carbocycles. The topological polar surface area (TPSA) is 59.5 Å². The van der Waals surface area contributed by atoms with Gasteiger partial charge in [-0.25, -0.2) is 0 Å². The van der Waals surface area contributed by atoms with Gasteiger partial charge in [-0.1, -0.05) is 6.92 Å². The Bertz CT molecular complexity index is 481. The second-order valence-corrected chi connectivity index (χ2v) is 5.93. The molecule has 1 aliphatic heterocycles. The molecule has 1 aromatic rings. The molecule has 1 aliphatic rings. The summed E-state index contributed by atoms with van der Waals surface area (Å²) in [7, 11) is 1.39. The fourth-order valence-corrected chi connectivity index (χ4v) is 3.09. The monoisotopic (exact) mass is 294 g/mol. The van der Waals surface area contributed by atoms with Gasteiger partial charge < -0.3 is 9.64 Å². The number of ether oxygens (including phenoxy) is 1. The van der Waals surface area contributed by atoms with Crippen molar-refractivity contribution in [3.63, 3.8) is 0 Å². The Kier molecular flexibility index (Phi) is 5.00. The van der Waals surface area contributed by atoms with Crippen LogP contribution in [0.2, 0.25) is 0 Å². The van der Waals surface area contributed by atoms with Gasteiger partial charge in [-0.2, -0.15) is 0 Å². The van der Waals surface area contributed by atoms with Crippen molar-refractivity contribution in [3.05, 3.63) is 24.5 Å². The van der Waals surface area contributed by atoms with Crippen molar-refractivity contribution in [3.8, 4) is 0 Å². The predicted molar refractivity (Wildman–Crippen MR) is 76.2 cm³/mol. The summed E-state index contributed by atoms with van der Waals surface area (Å²) in [6, 6.07) is 3.75. The third-order valence-corrected chi connectivity index (χ3v) is 4.48. The van der Waals surface area contributed by atoms with Gasteiger partial charge in [0, 0.05) is 30.4 Å². The van der Waals surface area contributed by atoms with Crippen molar-refractivity contribution in [1.29, 1.82) is 0 Å². The average Bonchev–Trinajstić information content (AvgIpc) is 2.87. The lowest BCUT2D eigenvalue weighted by Crippen LogP contribution is -2.31. The van der Waals surface area contributed by atoms with E-state index >= 15 is 0 Å². The SMILES string of the molecule is COC(=O)C1CN(C(=O)CSc2ccncc2)CC1C. The number of hydrogen-bond donors (Lipinski definition) is 0. The standard InChI is InChI=1S/C14H18N2O3S/c1-10-7-16(8-12(10)14(18)19-2)13(17)9-20-11-3-5-15-6-4-11/h3-6,10,12H,7-9H2,1-2H3. The highest BCUT2D eigenvalue weighted by atomic mass is 32.2. The first-order valence-corrected chi connectivity index (χ1v) is 7.48. The number of hydrogen-bond acceptors (Lipinski definition) is 5. The minimum absolute atomic E-state index is 0.0602. The lowest BCUT2D eigenvalue weighted by atomic mass is 9.99. The van der Waals surface area contributed by atoms with Crippen LogP contribution in [0, 0.1) is 11.8 Å². The molecule has 2 rings (SSSR count). The van der Waals surface area contributed by atoms with Crippen LogP contribution >= 0.6 is 11.8 Å². The number of nitrogens with zero attached hydrogens (tertiary/aromatic N) is 2. The molecule has 20 heavy (non-hydrogen) atoms.